The summed E-state index contributed by atoms with van der Waals surface area (Å²) in [5, 5.41) is 11.8. The van der Waals surface area contributed by atoms with E-state index in [9.17, 15) is 14.0 Å². The predicted molar refractivity (Wildman–Crippen MR) is 68.3 cm³/mol. The maximum atomic E-state index is 12.9. The summed E-state index contributed by atoms with van der Waals surface area (Å²) in [4.78, 5) is 23.1. The summed E-state index contributed by atoms with van der Waals surface area (Å²) in [5.74, 6) is -1.61. The van der Waals surface area contributed by atoms with Crippen LogP contribution in [0.4, 0.5) is 10.1 Å². The standard InChI is InChI=1S/C14H16FNO3/c1-9-7-10(15)3-4-11(9)16-12(17)8-14(13(18)19)5-2-6-14/h3-4,7H,2,5-6,8H2,1H3,(H,16,17)(H,18,19). The summed E-state index contributed by atoms with van der Waals surface area (Å²) >= 11 is 0. The molecule has 0 aromatic heterocycles. The second-order valence-corrected chi connectivity index (χ2v) is 5.12. The van der Waals surface area contributed by atoms with Gasteiger partial charge in [0.15, 0.2) is 0 Å². The molecule has 1 fully saturated rings. The number of aryl methyl sites for hydroxylation is 1. The molecule has 4 nitrogen and oxygen atoms in total. The van der Waals surface area contributed by atoms with Crippen molar-refractivity contribution in [2.24, 2.45) is 5.41 Å². The topological polar surface area (TPSA) is 66.4 Å². The van der Waals surface area contributed by atoms with Gasteiger partial charge in [-0.2, -0.15) is 0 Å². The highest BCUT2D eigenvalue weighted by molar-refractivity contribution is 5.95. The number of carboxylic acids is 1. The van der Waals surface area contributed by atoms with Gasteiger partial charge in [0.1, 0.15) is 5.82 Å². The molecule has 1 saturated carbocycles. The molecule has 0 heterocycles. The van der Waals surface area contributed by atoms with Crippen molar-refractivity contribution in [2.45, 2.75) is 32.6 Å². The molecule has 1 aromatic carbocycles. The number of nitrogens with one attached hydrogen (secondary N) is 1. The fourth-order valence-electron chi connectivity index (χ4n) is 2.34. The lowest BCUT2D eigenvalue weighted by Crippen LogP contribution is -2.41. The first-order chi connectivity index (χ1) is 8.93. The van der Waals surface area contributed by atoms with Crippen molar-refractivity contribution >= 4 is 17.6 Å². The molecule has 1 aliphatic rings. The molecular weight excluding hydrogens is 249 g/mol. The van der Waals surface area contributed by atoms with Crippen molar-refractivity contribution in [2.75, 3.05) is 5.32 Å². The summed E-state index contributed by atoms with van der Waals surface area (Å²) in [6.45, 7) is 1.69. The van der Waals surface area contributed by atoms with E-state index in [-0.39, 0.29) is 18.1 Å². The smallest absolute Gasteiger partial charge is 0.310 e. The Morgan fingerprint density at radius 2 is 2.11 bits per heavy atom. The van der Waals surface area contributed by atoms with Gasteiger partial charge in [-0.15, -0.1) is 0 Å². The van der Waals surface area contributed by atoms with E-state index in [4.69, 9.17) is 5.11 Å². The van der Waals surface area contributed by atoms with Crippen molar-refractivity contribution < 1.29 is 19.1 Å². The van der Waals surface area contributed by atoms with Crippen LogP contribution in [-0.4, -0.2) is 17.0 Å². The number of benzene rings is 1. The first-order valence-corrected chi connectivity index (χ1v) is 6.22. The molecule has 0 spiro atoms. The molecule has 1 aromatic rings. The van der Waals surface area contributed by atoms with Crippen LogP contribution in [0.1, 0.15) is 31.2 Å². The zero-order valence-electron chi connectivity index (χ0n) is 10.7. The maximum absolute atomic E-state index is 12.9. The fourth-order valence-corrected chi connectivity index (χ4v) is 2.34. The number of anilines is 1. The zero-order valence-corrected chi connectivity index (χ0v) is 10.7. The quantitative estimate of drug-likeness (QED) is 0.879. The van der Waals surface area contributed by atoms with Gasteiger partial charge in [-0.3, -0.25) is 9.59 Å². The van der Waals surface area contributed by atoms with Gasteiger partial charge in [0, 0.05) is 12.1 Å². The largest absolute Gasteiger partial charge is 0.481 e. The van der Waals surface area contributed by atoms with Crippen LogP contribution in [0, 0.1) is 18.2 Å². The second-order valence-electron chi connectivity index (χ2n) is 5.12. The highest BCUT2D eigenvalue weighted by Crippen LogP contribution is 2.44. The second kappa shape index (κ2) is 4.99. The third-order valence-electron chi connectivity index (χ3n) is 3.73. The SMILES string of the molecule is Cc1cc(F)ccc1NC(=O)CC1(C(=O)O)CCC1. The average Bonchev–Trinajstić information content (AvgIpc) is 2.27. The van der Waals surface area contributed by atoms with Crippen LogP contribution >= 0.6 is 0 Å². The van der Waals surface area contributed by atoms with Gasteiger partial charge >= 0.3 is 5.97 Å². The lowest BCUT2D eigenvalue weighted by atomic mass is 9.66. The number of carboxylic acid groups (broad SMARTS) is 1. The molecular formula is C14H16FNO3. The summed E-state index contributed by atoms with van der Waals surface area (Å²) in [5.41, 5.74) is 0.232. The first kappa shape index (κ1) is 13.5. The number of hydrogen-bond acceptors (Lipinski definition) is 2. The Hall–Kier alpha value is -1.91. The average molecular weight is 265 g/mol. The van der Waals surface area contributed by atoms with Crippen molar-refractivity contribution in [3.05, 3.63) is 29.6 Å². The summed E-state index contributed by atoms with van der Waals surface area (Å²) in [7, 11) is 0. The molecule has 0 radical (unpaired) electrons. The number of rotatable bonds is 4. The maximum Gasteiger partial charge on any atom is 0.310 e. The molecule has 1 amide bonds. The molecule has 2 rings (SSSR count). The van der Waals surface area contributed by atoms with Gasteiger partial charge < -0.3 is 10.4 Å². The zero-order chi connectivity index (χ0) is 14.0. The van der Waals surface area contributed by atoms with Gasteiger partial charge in [0.05, 0.1) is 5.41 Å². The third-order valence-corrected chi connectivity index (χ3v) is 3.73. The van der Waals surface area contributed by atoms with Crippen molar-refractivity contribution in [3.63, 3.8) is 0 Å². The van der Waals surface area contributed by atoms with E-state index in [1.54, 1.807) is 6.92 Å². The van der Waals surface area contributed by atoms with Crippen LogP contribution in [0.5, 0.6) is 0 Å². The fraction of sp³-hybridized carbons (Fsp3) is 0.429. The van der Waals surface area contributed by atoms with Crippen LogP contribution in [0.25, 0.3) is 0 Å². The number of aliphatic carboxylic acids is 1. The van der Waals surface area contributed by atoms with Crippen LogP contribution < -0.4 is 5.32 Å². The Kier molecular flexibility index (Phi) is 3.55. The summed E-state index contributed by atoms with van der Waals surface area (Å²) in [6, 6.07) is 4.07. The van der Waals surface area contributed by atoms with E-state index in [0.717, 1.165) is 6.42 Å². The Bertz CT molecular complexity index is 523. The summed E-state index contributed by atoms with van der Waals surface area (Å²) < 4.78 is 12.9. The third kappa shape index (κ3) is 2.75. The van der Waals surface area contributed by atoms with Crippen molar-refractivity contribution in [1.82, 2.24) is 0 Å². The molecule has 0 bridgehead atoms. The molecule has 19 heavy (non-hydrogen) atoms. The molecule has 2 N–H and O–H groups in total. The highest BCUT2D eigenvalue weighted by Gasteiger charge is 2.45. The van der Waals surface area contributed by atoms with E-state index in [1.165, 1.54) is 18.2 Å². The van der Waals surface area contributed by atoms with Crippen LogP contribution in [0.15, 0.2) is 18.2 Å². The van der Waals surface area contributed by atoms with Gasteiger partial charge in [0.25, 0.3) is 0 Å². The lowest BCUT2D eigenvalue weighted by Gasteiger charge is -2.36. The molecule has 102 valence electrons. The molecule has 0 atom stereocenters. The number of carbonyl (C=O) groups excluding carboxylic acids is 1. The Morgan fingerprint density at radius 3 is 2.58 bits per heavy atom. The van der Waals surface area contributed by atoms with E-state index in [2.05, 4.69) is 5.32 Å². The highest BCUT2D eigenvalue weighted by atomic mass is 19.1. The van der Waals surface area contributed by atoms with Crippen LogP contribution in [0.2, 0.25) is 0 Å². The van der Waals surface area contributed by atoms with Gasteiger partial charge in [0.2, 0.25) is 5.91 Å². The lowest BCUT2D eigenvalue weighted by molar-refractivity contribution is -0.157. The van der Waals surface area contributed by atoms with Gasteiger partial charge in [-0.1, -0.05) is 6.42 Å². The minimum Gasteiger partial charge on any atom is -0.481 e. The van der Waals surface area contributed by atoms with Gasteiger partial charge in [-0.25, -0.2) is 4.39 Å². The van der Waals surface area contributed by atoms with E-state index in [0.29, 0.717) is 24.1 Å². The Morgan fingerprint density at radius 1 is 1.42 bits per heavy atom. The number of hydrogen-bond donors (Lipinski definition) is 2. The molecule has 0 unspecified atom stereocenters. The number of amides is 1. The Labute approximate surface area is 110 Å². The predicted octanol–water partition coefficient (Wildman–Crippen LogP) is 2.72. The van der Waals surface area contributed by atoms with E-state index >= 15 is 0 Å². The van der Waals surface area contributed by atoms with Crippen molar-refractivity contribution in [3.8, 4) is 0 Å². The van der Waals surface area contributed by atoms with E-state index < -0.39 is 11.4 Å². The molecule has 0 saturated heterocycles. The summed E-state index contributed by atoms with van der Waals surface area (Å²) in [6.07, 6.45) is 1.89. The minimum absolute atomic E-state index is 0.0286. The minimum atomic E-state index is -0.912. The molecule has 1 aliphatic carbocycles. The monoisotopic (exact) mass is 265 g/mol. The van der Waals surface area contributed by atoms with Crippen molar-refractivity contribution in [1.29, 1.82) is 0 Å². The molecule has 0 aliphatic heterocycles. The number of carbonyl (C=O) groups is 2. The number of halogens is 1. The normalized spacial score (nSPS) is 16.5. The van der Waals surface area contributed by atoms with Crippen LogP contribution in [0.3, 0.4) is 0 Å². The Balaban J connectivity index is 2.03. The van der Waals surface area contributed by atoms with Crippen LogP contribution in [-0.2, 0) is 9.59 Å². The van der Waals surface area contributed by atoms with Gasteiger partial charge in [-0.05, 0) is 43.5 Å². The first-order valence-electron chi connectivity index (χ1n) is 6.22. The molecule has 5 heteroatoms. The van der Waals surface area contributed by atoms with E-state index in [1.807, 2.05) is 0 Å².